The van der Waals surface area contributed by atoms with Crippen LogP contribution in [0.15, 0.2) is 63.9 Å². The first-order valence-corrected chi connectivity index (χ1v) is 13.1. The molecule has 0 spiro atoms. The van der Waals surface area contributed by atoms with E-state index in [0.29, 0.717) is 23.9 Å². The van der Waals surface area contributed by atoms with Crippen molar-refractivity contribution in [2.45, 2.75) is 35.8 Å². The summed E-state index contributed by atoms with van der Waals surface area (Å²) in [6, 6.07) is 9.67. The van der Waals surface area contributed by atoms with E-state index in [9.17, 15) is 18.0 Å². The van der Waals surface area contributed by atoms with Gasteiger partial charge in [0.15, 0.2) is 5.17 Å². The van der Waals surface area contributed by atoms with E-state index in [1.807, 2.05) is 6.07 Å². The first-order chi connectivity index (χ1) is 16.4. The second-order valence-corrected chi connectivity index (χ2v) is 10.9. The second-order valence-electron chi connectivity index (χ2n) is 7.77. The van der Waals surface area contributed by atoms with Gasteiger partial charge in [-0.05, 0) is 43.2 Å². The number of nitrogens with one attached hydrogen (secondary N) is 2. The number of nitrogens with zero attached hydrogens (tertiary/aromatic N) is 4. The Bertz CT molecular complexity index is 1190. The lowest BCUT2D eigenvalue weighted by Gasteiger charge is -2.25. The maximum Gasteiger partial charge on any atom is 0.243 e. The van der Waals surface area contributed by atoms with Gasteiger partial charge in [-0.1, -0.05) is 24.2 Å². The molecule has 1 atom stereocenters. The number of anilines is 1. The molecule has 2 fully saturated rings. The number of pyridine rings is 1. The van der Waals surface area contributed by atoms with E-state index in [-0.39, 0.29) is 23.1 Å². The van der Waals surface area contributed by atoms with Gasteiger partial charge in [-0.15, -0.1) is 5.10 Å². The van der Waals surface area contributed by atoms with Gasteiger partial charge in [-0.3, -0.25) is 14.6 Å². The number of hydrogen-bond acceptors (Lipinski definition) is 8. The Balaban J connectivity index is 1.30. The van der Waals surface area contributed by atoms with Crippen LogP contribution in [-0.2, 0) is 19.6 Å². The molecule has 0 bridgehead atoms. The Kier molecular flexibility index (Phi) is 7.70. The zero-order valence-electron chi connectivity index (χ0n) is 18.3. The van der Waals surface area contributed by atoms with E-state index in [1.165, 1.54) is 22.7 Å². The van der Waals surface area contributed by atoms with E-state index in [4.69, 9.17) is 0 Å². The van der Waals surface area contributed by atoms with Crippen LogP contribution in [0.25, 0.3) is 0 Å². The number of carbonyl (C=O) groups excluding carboxylic acids is 2. The van der Waals surface area contributed by atoms with Gasteiger partial charge < -0.3 is 10.6 Å². The van der Waals surface area contributed by atoms with Crippen LogP contribution < -0.4 is 10.6 Å². The van der Waals surface area contributed by atoms with E-state index in [1.54, 1.807) is 30.6 Å². The van der Waals surface area contributed by atoms with Crippen LogP contribution in [0.5, 0.6) is 0 Å². The lowest BCUT2D eigenvalue weighted by atomic mass is 10.2. The van der Waals surface area contributed by atoms with Gasteiger partial charge in [-0.25, -0.2) is 8.42 Å². The van der Waals surface area contributed by atoms with Crippen molar-refractivity contribution in [3.05, 3.63) is 54.4 Å². The molecule has 0 radical (unpaired) electrons. The molecule has 2 saturated heterocycles. The molecule has 2 amide bonds. The zero-order valence-corrected chi connectivity index (χ0v) is 19.9. The van der Waals surface area contributed by atoms with E-state index in [2.05, 4.69) is 25.8 Å². The predicted molar refractivity (Wildman–Crippen MR) is 131 cm³/mol. The fraction of sp³-hybridized carbons (Fsp3) is 0.318. The van der Waals surface area contributed by atoms with Crippen LogP contribution in [-0.4, -0.2) is 59.2 Å². The van der Waals surface area contributed by atoms with E-state index in [0.717, 1.165) is 36.6 Å². The van der Waals surface area contributed by atoms with Crippen LogP contribution in [0, 0.1) is 0 Å². The molecule has 12 heteroatoms. The lowest BCUT2D eigenvalue weighted by molar-refractivity contribution is -0.122. The minimum Gasteiger partial charge on any atom is -0.326 e. The standard InChI is InChI=1S/C22H24N6O4S2/c29-20(13-19-21(30)26-22(33-19)27-24-15-16-5-4-10-23-14-16)25-17-6-8-18(9-7-17)34(31,32)28-11-2-1-3-12-28/h4-10,14-15,19H,1-3,11-13H2,(H,25,29)(H,26,27,30). The Morgan fingerprint density at radius 3 is 2.68 bits per heavy atom. The van der Waals surface area contributed by atoms with Crippen LogP contribution in [0.1, 0.15) is 31.2 Å². The topological polar surface area (TPSA) is 133 Å². The molecule has 1 aromatic carbocycles. The first-order valence-electron chi connectivity index (χ1n) is 10.8. The van der Waals surface area contributed by atoms with E-state index < -0.39 is 15.3 Å². The van der Waals surface area contributed by atoms with Crippen LogP contribution in [0.3, 0.4) is 0 Å². The molecule has 178 valence electrons. The fourth-order valence-corrected chi connectivity index (χ4v) is 5.97. The number of benzene rings is 1. The number of sulfonamides is 1. The second kappa shape index (κ2) is 10.9. The minimum absolute atomic E-state index is 0.0599. The van der Waals surface area contributed by atoms with Crippen LogP contribution in [0.4, 0.5) is 5.69 Å². The third-order valence-electron chi connectivity index (χ3n) is 5.28. The zero-order chi connectivity index (χ0) is 24.0. The third-order valence-corrected chi connectivity index (χ3v) is 8.26. The molecule has 0 saturated carbocycles. The van der Waals surface area contributed by atoms with Crippen molar-refractivity contribution in [1.82, 2.24) is 14.6 Å². The average Bonchev–Trinajstić information content (AvgIpc) is 3.19. The number of thioether (sulfide) groups is 1. The normalized spacial score (nSPS) is 20.5. The third kappa shape index (κ3) is 6.07. The lowest BCUT2D eigenvalue weighted by Crippen LogP contribution is -2.35. The van der Waals surface area contributed by atoms with Crippen molar-refractivity contribution in [2.24, 2.45) is 10.2 Å². The summed E-state index contributed by atoms with van der Waals surface area (Å²) in [5.74, 6) is -0.683. The Morgan fingerprint density at radius 2 is 1.97 bits per heavy atom. The monoisotopic (exact) mass is 500 g/mol. The average molecular weight is 501 g/mol. The number of amides is 2. The molecule has 10 nitrogen and oxygen atoms in total. The van der Waals surface area contributed by atoms with Crippen molar-refractivity contribution in [3.63, 3.8) is 0 Å². The smallest absolute Gasteiger partial charge is 0.243 e. The SMILES string of the molecule is O=C(CC1SC(=NN=Cc2cccnc2)NC1=O)Nc1ccc(S(=O)(=O)N2CCCCC2)cc1. The summed E-state index contributed by atoms with van der Waals surface area (Å²) in [6.45, 7) is 1.06. The fourth-order valence-electron chi connectivity index (χ4n) is 3.53. The van der Waals surface area contributed by atoms with Gasteiger partial charge in [0.1, 0.15) is 5.25 Å². The molecule has 2 aliphatic rings. The highest BCUT2D eigenvalue weighted by atomic mass is 32.2. The number of amidine groups is 1. The van der Waals surface area contributed by atoms with Gasteiger partial charge in [-0.2, -0.15) is 9.41 Å². The summed E-state index contributed by atoms with van der Waals surface area (Å²) < 4.78 is 27.0. The largest absolute Gasteiger partial charge is 0.326 e. The Morgan fingerprint density at radius 1 is 1.21 bits per heavy atom. The summed E-state index contributed by atoms with van der Waals surface area (Å²) in [6.07, 6.45) is 7.51. The molecule has 2 aliphatic heterocycles. The molecule has 34 heavy (non-hydrogen) atoms. The van der Waals surface area contributed by atoms with Gasteiger partial charge in [0, 0.05) is 43.2 Å². The van der Waals surface area contributed by atoms with Gasteiger partial charge in [0.05, 0.1) is 11.1 Å². The molecule has 1 unspecified atom stereocenters. The predicted octanol–water partition coefficient (Wildman–Crippen LogP) is 2.21. The number of rotatable bonds is 7. The van der Waals surface area contributed by atoms with Gasteiger partial charge in [0.2, 0.25) is 21.8 Å². The molecule has 2 aromatic rings. The highest BCUT2D eigenvalue weighted by Gasteiger charge is 2.32. The van der Waals surface area contributed by atoms with Crippen LogP contribution >= 0.6 is 11.8 Å². The Labute approximate surface area is 202 Å². The number of aromatic nitrogens is 1. The molecular formula is C22H24N6O4S2. The molecule has 1 aromatic heterocycles. The van der Waals surface area contributed by atoms with Crippen molar-refractivity contribution < 1.29 is 18.0 Å². The summed E-state index contributed by atoms with van der Waals surface area (Å²) in [7, 11) is -3.53. The summed E-state index contributed by atoms with van der Waals surface area (Å²) in [5.41, 5.74) is 1.23. The van der Waals surface area contributed by atoms with Gasteiger partial charge in [0.25, 0.3) is 0 Å². The quantitative estimate of drug-likeness (QED) is 0.442. The molecule has 4 rings (SSSR count). The van der Waals surface area contributed by atoms with E-state index >= 15 is 0 Å². The van der Waals surface area contributed by atoms with Crippen LogP contribution in [0.2, 0.25) is 0 Å². The number of hydrogen-bond donors (Lipinski definition) is 2. The summed E-state index contributed by atoms with van der Waals surface area (Å²) in [4.78, 5) is 28.8. The van der Waals surface area contributed by atoms with Crippen molar-refractivity contribution in [3.8, 4) is 0 Å². The highest BCUT2D eigenvalue weighted by molar-refractivity contribution is 8.15. The molecule has 3 heterocycles. The van der Waals surface area contributed by atoms with Crippen molar-refractivity contribution >= 4 is 50.7 Å². The minimum atomic E-state index is -3.53. The molecule has 2 N–H and O–H groups in total. The molecule has 0 aliphatic carbocycles. The van der Waals surface area contributed by atoms with Gasteiger partial charge >= 0.3 is 0 Å². The Hall–Kier alpha value is -3.09. The maximum absolute atomic E-state index is 12.7. The summed E-state index contributed by atoms with van der Waals surface area (Å²) >= 11 is 1.13. The number of piperidine rings is 1. The van der Waals surface area contributed by atoms with Crippen molar-refractivity contribution in [2.75, 3.05) is 18.4 Å². The first kappa shape index (κ1) is 24.0. The van der Waals surface area contributed by atoms with Crippen molar-refractivity contribution in [1.29, 1.82) is 0 Å². The summed E-state index contributed by atoms with van der Waals surface area (Å²) in [5, 5.41) is 12.9. The highest BCUT2D eigenvalue weighted by Crippen LogP contribution is 2.24. The maximum atomic E-state index is 12.7. The number of carbonyl (C=O) groups is 2. The molecular weight excluding hydrogens is 476 g/mol.